The Balaban J connectivity index is 1.17. The van der Waals surface area contributed by atoms with Crippen molar-refractivity contribution in [3.63, 3.8) is 0 Å². The van der Waals surface area contributed by atoms with Gasteiger partial charge in [0.2, 0.25) is 11.2 Å². The van der Waals surface area contributed by atoms with Crippen molar-refractivity contribution in [2.75, 3.05) is 26.2 Å². The van der Waals surface area contributed by atoms with Gasteiger partial charge in [0.05, 0.1) is 17.2 Å². The molecule has 166 valence electrons. The van der Waals surface area contributed by atoms with E-state index in [1.165, 1.54) is 12.0 Å². The lowest BCUT2D eigenvalue weighted by molar-refractivity contribution is -0.168. The van der Waals surface area contributed by atoms with Gasteiger partial charge in [0.1, 0.15) is 6.33 Å². The van der Waals surface area contributed by atoms with Gasteiger partial charge in [-0.3, -0.25) is 14.4 Å². The van der Waals surface area contributed by atoms with Crippen molar-refractivity contribution in [1.29, 1.82) is 0 Å². The molecule has 2 unspecified atom stereocenters. The molecule has 9 heteroatoms. The van der Waals surface area contributed by atoms with E-state index in [4.69, 9.17) is 11.6 Å². The van der Waals surface area contributed by atoms with Gasteiger partial charge in [-0.15, -0.1) is 5.10 Å². The normalized spacial score (nSPS) is 35.1. The topological polar surface area (TPSA) is 72.1 Å². The highest BCUT2D eigenvalue weighted by Gasteiger charge is 2.62. The van der Waals surface area contributed by atoms with Gasteiger partial charge < -0.3 is 4.90 Å². The van der Waals surface area contributed by atoms with Gasteiger partial charge in [-0.25, -0.2) is 9.67 Å². The molecule has 2 aromatic heterocycles. The monoisotopic (exact) mass is 443 g/mol. The van der Waals surface area contributed by atoms with Crippen LogP contribution >= 0.6 is 11.6 Å². The molecule has 2 aromatic rings. The fourth-order valence-corrected chi connectivity index (χ4v) is 7.59. The van der Waals surface area contributed by atoms with Crippen LogP contribution in [-0.4, -0.2) is 66.4 Å². The van der Waals surface area contributed by atoms with Gasteiger partial charge in [-0.1, -0.05) is 0 Å². The van der Waals surface area contributed by atoms with Crippen LogP contribution in [0.4, 0.5) is 0 Å². The van der Waals surface area contributed by atoms with E-state index in [1.54, 1.807) is 6.33 Å². The van der Waals surface area contributed by atoms with Crippen molar-refractivity contribution in [1.82, 2.24) is 34.3 Å². The average Bonchev–Trinajstić information content (AvgIpc) is 3.35. The van der Waals surface area contributed by atoms with Crippen molar-refractivity contribution in [3.05, 3.63) is 29.6 Å². The molecule has 1 saturated heterocycles. The molecular weight excluding hydrogens is 414 g/mol. The number of amides is 1. The Morgan fingerprint density at radius 2 is 1.90 bits per heavy atom. The Morgan fingerprint density at radius 3 is 2.52 bits per heavy atom. The molecule has 4 saturated carbocycles. The van der Waals surface area contributed by atoms with E-state index in [2.05, 4.69) is 31.2 Å². The number of hydrogen-bond acceptors (Lipinski definition) is 5. The molecule has 0 aromatic carbocycles. The van der Waals surface area contributed by atoms with Gasteiger partial charge in [-0.2, -0.15) is 5.10 Å². The summed E-state index contributed by atoms with van der Waals surface area (Å²) in [7, 11) is 1.95. The molecule has 0 spiro atoms. The fraction of sp³-hybridized carbons (Fsp3) is 0.727. The van der Waals surface area contributed by atoms with Crippen LogP contribution in [0.5, 0.6) is 0 Å². The van der Waals surface area contributed by atoms with Crippen molar-refractivity contribution in [2.45, 2.75) is 50.6 Å². The number of aromatic nitrogens is 5. The van der Waals surface area contributed by atoms with Crippen LogP contribution in [0, 0.1) is 17.3 Å². The molecule has 31 heavy (non-hydrogen) atoms. The second kappa shape index (κ2) is 7.04. The van der Waals surface area contributed by atoms with E-state index in [0.717, 1.165) is 64.8 Å². The molecule has 1 aliphatic heterocycles. The predicted octanol–water partition coefficient (Wildman–Crippen LogP) is 2.30. The molecule has 2 atom stereocenters. The fourth-order valence-electron chi connectivity index (χ4n) is 7.46. The van der Waals surface area contributed by atoms with Gasteiger partial charge >= 0.3 is 0 Å². The number of carbonyl (C=O) groups is 1. The standard InChI is InChI=1S/C22H30ClN7O/c1-27-12-18(11-25-27)13-28-2-4-29(5-3-28)19(31)21-7-16-6-17(8-21)10-22(9-16,14-21)30-15-24-20(23)26-30/h11-12,15-17H,2-10,13-14H2,1H3. The summed E-state index contributed by atoms with van der Waals surface area (Å²) >= 11 is 6.06. The summed E-state index contributed by atoms with van der Waals surface area (Å²) < 4.78 is 3.85. The maximum absolute atomic E-state index is 13.9. The first-order valence-electron chi connectivity index (χ1n) is 11.5. The average molecular weight is 444 g/mol. The molecule has 0 N–H and O–H groups in total. The highest BCUT2D eigenvalue weighted by molar-refractivity contribution is 6.28. The summed E-state index contributed by atoms with van der Waals surface area (Å²) in [5.41, 5.74) is 0.924. The second-order valence-corrected chi connectivity index (χ2v) is 10.9. The minimum Gasteiger partial charge on any atom is -0.340 e. The number of halogens is 1. The maximum Gasteiger partial charge on any atom is 0.242 e. The van der Waals surface area contributed by atoms with E-state index in [1.807, 2.05) is 22.6 Å². The second-order valence-electron chi connectivity index (χ2n) is 10.5. The predicted molar refractivity (Wildman–Crippen MR) is 115 cm³/mol. The van der Waals surface area contributed by atoms with Crippen molar-refractivity contribution in [3.8, 4) is 0 Å². The van der Waals surface area contributed by atoms with Crippen molar-refractivity contribution < 1.29 is 4.79 Å². The van der Waals surface area contributed by atoms with Crippen molar-refractivity contribution >= 4 is 17.5 Å². The molecule has 3 heterocycles. The molecule has 5 fully saturated rings. The lowest BCUT2D eigenvalue weighted by Crippen LogP contribution is -2.62. The summed E-state index contributed by atoms with van der Waals surface area (Å²) in [6.07, 6.45) is 12.2. The highest BCUT2D eigenvalue weighted by Crippen LogP contribution is 2.64. The summed E-state index contributed by atoms with van der Waals surface area (Å²) in [5, 5.41) is 9.06. The third-order valence-corrected chi connectivity index (χ3v) is 8.43. The Hall–Kier alpha value is -1.93. The first-order valence-corrected chi connectivity index (χ1v) is 11.9. The van der Waals surface area contributed by atoms with Gasteiger partial charge in [0.15, 0.2) is 0 Å². The Morgan fingerprint density at radius 1 is 1.16 bits per heavy atom. The van der Waals surface area contributed by atoms with Crippen LogP contribution in [-0.2, 0) is 23.9 Å². The number of rotatable bonds is 4. The maximum atomic E-state index is 13.9. The summed E-state index contributed by atoms with van der Waals surface area (Å²) in [5.74, 6) is 1.61. The van der Waals surface area contributed by atoms with E-state index in [-0.39, 0.29) is 11.0 Å². The number of nitrogens with zero attached hydrogens (tertiary/aromatic N) is 7. The van der Waals surface area contributed by atoms with Crippen LogP contribution in [0.1, 0.15) is 44.1 Å². The third kappa shape index (κ3) is 3.30. The number of carbonyl (C=O) groups excluding carboxylic acids is 1. The summed E-state index contributed by atoms with van der Waals surface area (Å²) in [6.45, 7) is 4.39. The quantitative estimate of drug-likeness (QED) is 0.725. The van der Waals surface area contributed by atoms with Crippen LogP contribution in [0.15, 0.2) is 18.7 Å². The molecular formula is C22H30ClN7O. The van der Waals surface area contributed by atoms with Crippen molar-refractivity contribution in [2.24, 2.45) is 24.3 Å². The molecule has 4 aliphatic carbocycles. The lowest BCUT2D eigenvalue weighted by Gasteiger charge is -2.61. The highest BCUT2D eigenvalue weighted by atomic mass is 35.5. The van der Waals surface area contributed by atoms with Crippen LogP contribution < -0.4 is 0 Å². The lowest BCUT2D eigenvalue weighted by atomic mass is 9.46. The zero-order valence-electron chi connectivity index (χ0n) is 18.1. The number of aryl methyl sites for hydroxylation is 1. The van der Waals surface area contributed by atoms with Gasteiger partial charge in [-0.05, 0) is 62.0 Å². The van der Waals surface area contributed by atoms with Crippen LogP contribution in [0.3, 0.4) is 0 Å². The van der Waals surface area contributed by atoms with Gasteiger partial charge in [0, 0.05) is 51.5 Å². The molecule has 7 rings (SSSR count). The SMILES string of the molecule is Cn1cc(CN2CCN(C(=O)C34CC5CC(C3)CC(n3cnc(Cl)n3)(C5)C4)CC2)cn1. The smallest absolute Gasteiger partial charge is 0.242 e. The third-order valence-electron chi connectivity index (χ3n) is 8.26. The number of piperazine rings is 1. The van der Waals surface area contributed by atoms with E-state index in [0.29, 0.717) is 23.0 Å². The van der Waals surface area contributed by atoms with Gasteiger partial charge in [0.25, 0.3) is 0 Å². The zero-order chi connectivity index (χ0) is 21.2. The molecule has 0 radical (unpaired) electrons. The van der Waals surface area contributed by atoms with Crippen LogP contribution in [0.25, 0.3) is 0 Å². The largest absolute Gasteiger partial charge is 0.340 e. The Kier molecular flexibility index (Phi) is 4.48. The first kappa shape index (κ1) is 19.7. The molecule has 8 nitrogen and oxygen atoms in total. The van der Waals surface area contributed by atoms with E-state index >= 15 is 0 Å². The molecule has 4 bridgehead atoms. The van der Waals surface area contributed by atoms with Crippen LogP contribution in [0.2, 0.25) is 5.28 Å². The Bertz CT molecular complexity index is 978. The first-order chi connectivity index (χ1) is 14.9. The molecule has 5 aliphatic rings. The minimum atomic E-state index is -0.228. The Labute approximate surface area is 187 Å². The van der Waals surface area contributed by atoms with E-state index in [9.17, 15) is 4.79 Å². The molecule has 1 amide bonds. The number of hydrogen-bond donors (Lipinski definition) is 0. The summed E-state index contributed by atoms with van der Waals surface area (Å²) in [4.78, 5) is 22.7. The zero-order valence-corrected chi connectivity index (χ0v) is 18.8. The van der Waals surface area contributed by atoms with E-state index < -0.39 is 0 Å². The summed E-state index contributed by atoms with van der Waals surface area (Å²) in [6, 6.07) is 0. The minimum absolute atomic E-state index is 0.0813.